The second-order valence-electron chi connectivity index (χ2n) is 6.71. The van der Waals surface area contributed by atoms with Crippen LogP contribution < -0.4 is 20.5 Å². The molecule has 0 radical (unpaired) electrons. The zero-order chi connectivity index (χ0) is 19.1. The van der Waals surface area contributed by atoms with Crippen LogP contribution in [0.4, 0.5) is 0 Å². The fourth-order valence-corrected chi connectivity index (χ4v) is 3.00. The van der Waals surface area contributed by atoms with Crippen LogP contribution in [0.3, 0.4) is 0 Å². The van der Waals surface area contributed by atoms with E-state index in [1.165, 1.54) is 0 Å². The van der Waals surface area contributed by atoms with Crippen LogP contribution in [0.5, 0.6) is 11.5 Å². The number of hydrogen-bond acceptors (Lipinski definition) is 5. The van der Waals surface area contributed by atoms with E-state index in [1.54, 1.807) is 7.11 Å². The highest BCUT2D eigenvalue weighted by Gasteiger charge is 2.35. The second kappa shape index (κ2) is 8.88. The van der Waals surface area contributed by atoms with Crippen LogP contribution in [0.25, 0.3) is 0 Å². The second-order valence-corrected chi connectivity index (χ2v) is 6.71. The molecule has 1 heterocycles. The van der Waals surface area contributed by atoms with Crippen LogP contribution in [0.2, 0.25) is 0 Å². The van der Waals surface area contributed by atoms with Gasteiger partial charge in [-0.15, -0.1) is 0 Å². The zero-order valence-corrected chi connectivity index (χ0v) is 15.6. The molecule has 3 rings (SSSR count). The third-order valence-corrected chi connectivity index (χ3v) is 4.76. The van der Waals surface area contributed by atoms with Gasteiger partial charge in [-0.05, 0) is 36.1 Å². The summed E-state index contributed by atoms with van der Waals surface area (Å²) >= 11 is 0. The lowest BCUT2D eigenvalue weighted by molar-refractivity contribution is -0.129. The van der Waals surface area contributed by atoms with Crippen molar-refractivity contribution >= 4 is 5.91 Å². The Balaban J connectivity index is 1.59. The van der Waals surface area contributed by atoms with Crippen LogP contribution in [0.1, 0.15) is 24.0 Å². The van der Waals surface area contributed by atoms with Crippen LogP contribution in [-0.2, 0) is 22.7 Å². The van der Waals surface area contributed by atoms with Crippen molar-refractivity contribution in [3.8, 4) is 11.5 Å². The summed E-state index contributed by atoms with van der Waals surface area (Å²) in [5.74, 6) is 1.15. The van der Waals surface area contributed by atoms with E-state index < -0.39 is 5.54 Å². The van der Waals surface area contributed by atoms with Crippen molar-refractivity contribution in [2.24, 2.45) is 5.73 Å². The van der Waals surface area contributed by atoms with Crippen molar-refractivity contribution < 1.29 is 19.0 Å². The molecular weight excluding hydrogens is 344 g/mol. The molecule has 2 aromatic rings. The number of carbonyl (C=O) groups excluding carboxylic acids is 1. The molecule has 0 aromatic heterocycles. The Morgan fingerprint density at radius 2 is 1.85 bits per heavy atom. The third kappa shape index (κ3) is 4.99. The number of methoxy groups -OCH3 is 1. The summed E-state index contributed by atoms with van der Waals surface area (Å²) in [6, 6.07) is 15.6. The largest absolute Gasteiger partial charge is 0.493 e. The minimum Gasteiger partial charge on any atom is -0.493 e. The number of carbonyl (C=O) groups is 1. The number of ether oxygens (including phenoxy) is 3. The van der Waals surface area contributed by atoms with E-state index in [0.29, 0.717) is 50.7 Å². The maximum atomic E-state index is 12.4. The lowest BCUT2D eigenvalue weighted by atomic mass is 9.90. The van der Waals surface area contributed by atoms with Crippen molar-refractivity contribution in [2.45, 2.75) is 31.5 Å². The van der Waals surface area contributed by atoms with E-state index in [2.05, 4.69) is 5.32 Å². The molecule has 1 fully saturated rings. The molecule has 27 heavy (non-hydrogen) atoms. The Labute approximate surface area is 159 Å². The molecule has 1 aliphatic heterocycles. The molecule has 1 amide bonds. The van der Waals surface area contributed by atoms with Gasteiger partial charge < -0.3 is 25.3 Å². The SMILES string of the molecule is COc1cc(CNC(=O)C2(N)CCOCC2)ccc1OCc1ccccc1. The Hall–Kier alpha value is -2.57. The van der Waals surface area contributed by atoms with Gasteiger partial charge in [0.15, 0.2) is 11.5 Å². The predicted octanol–water partition coefficient (Wildman–Crippen LogP) is 2.40. The molecule has 3 N–H and O–H groups in total. The van der Waals surface area contributed by atoms with Gasteiger partial charge in [0, 0.05) is 19.8 Å². The lowest BCUT2D eigenvalue weighted by Gasteiger charge is -2.31. The van der Waals surface area contributed by atoms with Crippen LogP contribution in [0, 0.1) is 0 Å². The molecular formula is C21H26N2O4. The number of benzene rings is 2. The number of nitrogens with two attached hydrogens (primary N) is 1. The molecule has 0 saturated carbocycles. The normalized spacial score (nSPS) is 15.8. The Kier molecular flexibility index (Phi) is 6.32. The summed E-state index contributed by atoms with van der Waals surface area (Å²) in [5, 5.41) is 2.92. The number of nitrogens with one attached hydrogen (secondary N) is 1. The number of rotatable bonds is 7. The lowest BCUT2D eigenvalue weighted by Crippen LogP contribution is -2.56. The maximum absolute atomic E-state index is 12.4. The fourth-order valence-electron chi connectivity index (χ4n) is 3.00. The molecule has 2 aromatic carbocycles. The average molecular weight is 370 g/mol. The highest BCUT2D eigenvalue weighted by Crippen LogP contribution is 2.29. The van der Waals surface area contributed by atoms with E-state index >= 15 is 0 Å². The zero-order valence-electron chi connectivity index (χ0n) is 15.6. The van der Waals surface area contributed by atoms with E-state index in [4.69, 9.17) is 19.9 Å². The summed E-state index contributed by atoms with van der Waals surface area (Å²) in [4.78, 5) is 12.4. The quantitative estimate of drug-likeness (QED) is 0.782. The number of hydrogen-bond donors (Lipinski definition) is 2. The van der Waals surface area contributed by atoms with Gasteiger partial charge in [0.1, 0.15) is 6.61 Å². The topological polar surface area (TPSA) is 82.8 Å². The van der Waals surface area contributed by atoms with Gasteiger partial charge in [-0.1, -0.05) is 36.4 Å². The minimum absolute atomic E-state index is 0.144. The van der Waals surface area contributed by atoms with Crippen molar-refractivity contribution in [3.05, 3.63) is 59.7 Å². The number of amides is 1. The van der Waals surface area contributed by atoms with Crippen molar-refractivity contribution in [2.75, 3.05) is 20.3 Å². The standard InChI is InChI=1S/C21H26N2O4/c1-25-19-13-17(14-23-20(24)21(22)9-11-26-12-10-21)7-8-18(19)27-15-16-5-3-2-4-6-16/h2-8,13H,9-12,14-15,22H2,1H3,(H,23,24). The minimum atomic E-state index is -0.846. The summed E-state index contributed by atoms with van der Waals surface area (Å²) in [6.07, 6.45) is 1.07. The first-order chi connectivity index (χ1) is 13.1. The Bertz CT molecular complexity index is 758. The Morgan fingerprint density at radius 1 is 1.11 bits per heavy atom. The van der Waals surface area contributed by atoms with Crippen LogP contribution in [0.15, 0.2) is 48.5 Å². The smallest absolute Gasteiger partial charge is 0.240 e. The third-order valence-electron chi connectivity index (χ3n) is 4.76. The first-order valence-corrected chi connectivity index (χ1v) is 9.09. The molecule has 1 saturated heterocycles. The van der Waals surface area contributed by atoms with E-state index in [-0.39, 0.29) is 5.91 Å². The predicted molar refractivity (Wildman–Crippen MR) is 103 cm³/mol. The molecule has 0 bridgehead atoms. The van der Waals surface area contributed by atoms with Gasteiger partial charge in [-0.25, -0.2) is 0 Å². The highest BCUT2D eigenvalue weighted by atomic mass is 16.5. The highest BCUT2D eigenvalue weighted by molar-refractivity contribution is 5.86. The fraction of sp³-hybridized carbons (Fsp3) is 0.381. The van der Waals surface area contributed by atoms with Gasteiger partial charge in [-0.2, -0.15) is 0 Å². The summed E-state index contributed by atoms with van der Waals surface area (Å²) in [5.41, 5.74) is 7.36. The summed E-state index contributed by atoms with van der Waals surface area (Å²) in [7, 11) is 1.60. The summed E-state index contributed by atoms with van der Waals surface area (Å²) < 4.78 is 16.6. The van der Waals surface area contributed by atoms with Crippen molar-refractivity contribution in [1.29, 1.82) is 0 Å². The molecule has 1 aliphatic rings. The summed E-state index contributed by atoms with van der Waals surface area (Å²) in [6.45, 7) is 1.88. The van der Waals surface area contributed by atoms with Crippen LogP contribution >= 0.6 is 0 Å². The Morgan fingerprint density at radius 3 is 2.56 bits per heavy atom. The molecule has 6 heteroatoms. The molecule has 0 atom stereocenters. The molecule has 0 spiro atoms. The maximum Gasteiger partial charge on any atom is 0.240 e. The molecule has 144 valence electrons. The monoisotopic (exact) mass is 370 g/mol. The van der Waals surface area contributed by atoms with Gasteiger partial charge in [-0.3, -0.25) is 4.79 Å². The van der Waals surface area contributed by atoms with Crippen LogP contribution in [-0.4, -0.2) is 31.8 Å². The van der Waals surface area contributed by atoms with E-state index in [1.807, 2.05) is 48.5 Å². The van der Waals surface area contributed by atoms with Gasteiger partial charge in [0.05, 0.1) is 12.6 Å². The molecule has 0 aliphatic carbocycles. The van der Waals surface area contributed by atoms with Crippen molar-refractivity contribution in [3.63, 3.8) is 0 Å². The molecule has 0 unspecified atom stereocenters. The van der Waals surface area contributed by atoms with Gasteiger partial charge in [0.25, 0.3) is 0 Å². The molecule has 6 nitrogen and oxygen atoms in total. The average Bonchev–Trinajstić information content (AvgIpc) is 2.72. The van der Waals surface area contributed by atoms with E-state index in [9.17, 15) is 4.79 Å². The van der Waals surface area contributed by atoms with Crippen molar-refractivity contribution in [1.82, 2.24) is 5.32 Å². The van der Waals surface area contributed by atoms with Gasteiger partial charge >= 0.3 is 0 Å². The first kappa shape index (κ1) is 19.2. The van der Waals surface area contributed by atoms with E-state index in [0.717, 1.165) is 11.1 Å². The first-order valence-electron chi connectivity index (χ1n) is 9.09. The van der Waals surface area contributed by atoms with Gasteiger partial charge in [0.2, 0.25) is 5.91 Å².